The number of amides is 1. The van der Waals surface area contributed by atoms with Crippen molar-refractivity contribution in [2.24, 2.45) is 0 Å². The number of unbranched alkanes of at least 4 members (excludes halogenated alkanes) is 23. The summed E-state index contributed by atoms with van der Waals surface area (Å²) in [6.07, 6.45) is 62.5. The second-order valence-electron chi connectivity index (χ2n) is 23.6. The van der Waals surface area contributed by atoms with E-state index in [1.165, 1.54) is 103 Å². The molecule has 2 fully saturated rings. The number of carbonyl (C=O) groups excluding carboxylic acids is 1. The summed E-state index contributed by atoms with van der Waals surface area (Å²) in [6, 6.07) is -0.836. The predicted molar refractivity (Wildman–Crippen MR) is 350 cm³/mol. The molecule has 2 saturated heterocycles. The van der Waals surface area contributed by atoms with E-state index in [0.29, 0.717) is 19.3 Å². The molecule has 1 amide bonds. The first kappa shape index (κ1) is 78.7. The Bertz CT molecular complexity index is 1860. The van der Waals surface area contributed by atoms with Gasteiger partial charge in [-0.15, -0.1) is 0 Å². The predicted octanol–water partition coefficient (Wildman–Crippen LogP) is 13.6. The van der Waals surface area contributed by atoms with Gasteiger partial charge in [-0.25, -0.2) is 0 Å². The summed E-state index contributed by atoms with van der Waals surface area (Å²) in [6.45, 7) is 2.74. The molecule has 494 valence electrons. The van der Waals surface area contributed by atoms with Crippen LogP contribution in [0.4, 0.5) is 0 Å². The second-order valence-corrected chi connectivity index (χ2v) is 23.6. The lowest BCUT2D eigenvalue weighted by molar-refractivity contribution is -0.359. The largest absolute Gasteiger partial charge is 0.394 e. The van der Waals surface area contributed by atoms with Gasteiger partial charge in [-0.3, -0.25) is 4.79 Å². The number of allylic oxidation sites excluding steroid dienone is 18. The maximum Gasteiger partial charge on any atom is 0.220 e. The van der Waals surface area contributed by atoms with E-state index in [-0.39, 0.29) is 12.5 Å². The molecular weight excluding hydrogens is 1090 g/mol. The van der Waals surface area contributed by atoms with Crippen molar-refractivity contribution in [1.29, 1.82) is 0 Å². The average Bonchev–Trinajstić information content (AvgIpc) is 2.76. The van der Waals surface area contributed by atoms with E-state index in [4.69, 9.17) is 18.9 Å². The third kappa shape index (κ3) is 39.6. The number of aliphatic hydroxyl groups excluding tert-OH is 8. The zero-order valence-electron chi connectivity index (χ0n) is 53.5. The summed E-state index contributed by atoms with van der Waals surface area (Å²) in [7, 11) is 0. The molecule has 0 aromatic rings. The van der Waals surface area contributed by atoms with Crippen LogP contribution in [-0.2, 0) is 23.7 Å². The highest BCUT2D eigenvalue weighted by Gasteiger charge is 2.51. The Kier molecular flexibility index (Phi) is 51.0. The van der Waals surface area contributed by atoms with Crippen LogP contribution in [0.5, 0.6) is 0 Å². The normalized spacial score (nSPS) is 24.1. The van der Waals surface area contributed by atoms with Gasteiger partial charge in [0.15, 0.2) is 12.6 Å². The molecule has 0 aromatic heterocycles. The van der Waals surface area contributed by atoms with Crippen molar-refractivity contribution in [2.45, 2.75) is 319 Å². The van der Waals surface area contributed by atoms with Crippen LogP contribution in [0.2, 0.25) is 0 Å². The van der Waals surface area contributed by atoms with Crippen LogP contribution in [0.25, 0.3) is 0 Å². The van der Waals surface area contributed by atoms with Crippen LogP contribution in [0.15, 0.2) is 109 Å². The summed E-state index contributed by atoms with van der Waals surface area (Å²) in [4.78, 5) is 13.3. The molecule has 0 aliphatic carbocycles. The minimum Gasteiger partial charge on any atom is -0.394 e. The summed E-state index contributed by atoms with van der Waals surface area (Å²) in [5.74, 6) is -0.214. The fourth-order valence-electron chi connectivity index (χ4n) is 10.6. The number of rotatable bonds is 54. The molecule has 2 aliphatic rings. The molecule has 0 bridgehead atoms. The van der Waals surface area contributed by atoms with E-state index in [0.717, 1.165) is 109 Å². The van der Waals surface area contributed by atoms with Crippen molar-refractivity contribution < 1.29 is 64.6 Å². The third-order valence-electron chi connectivity index (χ3n) is 16.0. The van der Waals surface area contributed by atoms with E-state index < -0.39 is 86.8 Å². The van der Waals surface area contributed by atoms with Crippen LogP contribution in [0, 0.1) is 0 Å². The summed E-state index contributed by atoms with van der Waals surface area (Å²) in [5, 5.41) is 87.4. The van der Waals surface area contributed by atoms with Gasteiger partial charge in [-0.05, 0) is 83.5 Å². The highest BCUT2D eigenvalue weighted by Crippen LogP contribution is 2.30. The molecule has 0 saturated carbocycles. The summed E-state index contributed by atoms with van der Waals surface area (Å²) in [5.41, 5.74) is 0. The van der Waals surface area contributed by atoms with Crippen molar-refractivity contribution in [2.75, 3.05) is 19.8 Å². The van der Waals surface area contributed by atoms with Crippen LogP contribution >= 0.6 is 0 Å². The van der Waals surface area contributed by atoms with Gasteiger partial charge < -0.3 is 65.1 Å². The standard InChI is InChI=1S/C72H123NO13/c1-3-5-7-9-11-13-15-17-18-19-20-21-22-23-24-25-26-27-28-29-30-31-32-33-34-35-36-37-38-39-40-41-42-44-46-48-50-52-54-56-64(77)73-60(61(76)55-53-51-49-47-45-43-16-14-12-10-8-6-4-2)59-83-71-69(82)67(80)70(63(58-75)85-71)86-72-68(81)66(79)65(78)62(57-74)84-72/h5,7,11,13,17-18,20-21,23-24,26-27,29-30,32-33,35-36,60-63,65-72,74-76,78-82H,3-4,6,8-10,12,14-16,19,22,25,28,31,34,37-59H2,1-2H3,(H,73,77)/b7-5-,13-11-,18-17-,21-20-,24-23-,27-26-,30-29-,33-32-,36-35-. The summed E-state index contributed by atoms with van der Waals surface area (Å²) >= 11 is 0. The van der Waals surface area contributed by atoms with Crippen molar-refractivity contribution >= 4 is 5.91 Å². The SMILES string of the molecule is CC/C=C\C/C=C\C/C=C\C/C=C\C/C=C\C/C=C\C/C=C\C/C=C\C/C=C\CCCCCCCCCCCCCC(=O)NC(COC1OC(CO)C(OC2OC(CO)C(O)C(O)C2O)C(O)C1O)C(O)CCCCCCCCCCCCCCC. The number of hydrogen-bond acceptors (Lipinski definition) is 13. The molecule has 0 spiro atoms. The molecule has 12 atom stereocenters. The van der Waals surface area contributed by atoms with Crippen LogP contribution in [0.1, 0.15) is 245 Å². The lowest BCUT2D eigenvalue weighted by Gasteiger charge is -2.46. The van der Waals surface area contributed by atoms with E-state index in [2.05, 4.69) is 129 Å². The highest BCUT2D eigenvalue weighted by atomic mass is 16.7. The van der Waals surface area contributed by atoms with E-state index in [9.17, 15) is 45.6 Å². The Balaban J connectivity index is 1.60. The van der Waals surface area contributed by atoms with Crippen molar-refractivity contribution in [3.8, 4) is 0 Å². The minimum absolute atomic E-state index is 0.214. The Morgan fingerprint density at radius 2 is 0.802 bits per heavy atom. The van der Waals surface area contributed by atoms with Gasteiger partial charge >= 0.3 is 0 Å². The highest BCUT2D eigenvalue weighted by molar-refractivity contribution is 5.76. The maximum absolute atomic E-state index is 13.3. The Hall–Kier alpha value is -3.35. The molecule has 0 aromatic carbocycles. The first-order valence-corrected chi connectivity index (χ1v) is 34.1. The van der Waals surface area contributed by atoms with Gasteiger partial charge in [-0.1, -0.05) is 264 Å². The third-order valence-corrected chi connectivity index (χ3v) is 16.0. The Morgan fingerprint density at radius 1 is 0.430 bits per heavy atom. The van der Waals surface area contributed by atoms with Gasteiger partial charge in [-0.2, -0.15) is 0 Å². The molecule has 14 heteroatoms. The summed E-state index contributed by atoms with van der Waals surface area (Å²) < 4.78 is 22.8. The van der Waals surface area contributed by atoms with Gasteiger partial charge in [0.05, 0.1) is 32.0 Å². The molecule has 2 aliphatic heterocycles. The molecule has 2 rings (SSSR count). The van der Waals surface area contributed by atoms with E-state index >= 15 is 0 Å². The van der Waals surface area contributed by atoms with Gasteiger partial charge in [0, 0.05) is 6.42 Å². The molecular formula is C72H123NO13. The average molecular weight is 1210 g/mol. The first-order valence-electron chi connectivity index (χ1n) is 34.1. The fraction of sp³-hybridized carbons (Fsp3) is 0.736. The Morgan fingerprint density at radius 3 is 1.23 bits per heavy atom. The van der Waals surface area contributed by atoms with Gasteiger partial charge in [0.1, 0.15) is 48.8 Å². The molecule has 2 heterocycles. The van der Waals surface area contributed by atoms with Crippen LogP contribution in [0.3, 0.4) is 0 Å². The monoisotopic (exact) mass is 1210 g/mol. The van der Waals surface area contributed by atoms with Gasteiger partial charge in [0.25, 0.3) is 0 Å². The number of hydrogen-bond donors (Lipinski definition) is 9. The number of ether oxygens (including phenoxy) is 4. The molecule has 12 unspecified atom stereocenters. The lowest BCUT2D eigenvalue weighted by atomic mass is 9.97. The van der Waals surface area contributed by atoms with Crippen LogP contribution in [-0.4, -0.2) is 140 Å². The van der Waals surface area contributed by atoms with Gasteiger partial charge in [0.2, 0.25) is 5.91 Å². The first-order chi connectivity index (χ1) is 42.1. The van der Waals surface area contributed by atoms with Crippen molar-refractivity contribution in [3.05, 3.63) is 109 Å². The number of nitrogens with one attached hydrogen (secondary N) is 1. The molecule has 0 radical (unpaired) electrons. The zero-order chi connectivity index (χ0) is 62.3. The van der Waals surface area contributed by atoms with E-state index in [1.54, 1.807) is 0 Å². The molecule has 9 N–H and O–H groups in total. The zero-order valence-corrected chi connectivity index (χ0v) is 53.5. The Labute approximate surface area is 521 Å². The van der Waals surface area contributed by atoms with Crippen LogP contribution < -0.4 is 5.32 Å². The fourth-order valence-corrected chi connectivity index (χ4v) is 10.6. The lowest BCUT2D eigenvalue weighted by Crippen LogP contribution is -2.65. The second kappa shape index (κ2) is 55.7. The minimum atomic E-state index is -1.79. The smallest absolute Gasteiger partial charge is 0.220 e. The molecule has 14 nitrogen and oxygen atoms in total. The number of carbonyl (C=O) groups is 1. The van der Waals surface area contributed by atoms with Crippen molar-refractivity contribution in [1.82, 2.24) is 5.32 Å². The molecule has 86 heavy (non-hydrogen) atoms. The quantitative estimate of drug-likeness (QED) is 0.0204. The topological polar surface area (TPSA) is 228 Å². The maximum atomic E-state index is 13.3. The number of aliphatic hydroxyl groups is 8. The van der Waals surface area contributed by atoms with E-state index in [1.807, 2.05) is 0 Å². The van der Waals surface area contributed by atoms with Crippen molar-refractivity contribution in [3.63, 3.8) is 0 Å².